The zero-order chi connectivity index (χ0) is 20.3. The highest BCUT2D eigenvalue weighted by Gasteiger charge is 2.29. The van der Waals surface area contributed by atoms with Gasteiger partial charge in [-0.3, -0.25) is 4.79 Å². The molecule has 0 unspecified atom stereocenters. The minimum absolute atomic E-state index is 0.00805. The van der Waals surface area contributed by atoms with Crippen LogP contribution in [0.1, 0.15) is 10.4 Å². The lowest BCUT2D eigenvalue weighted by Gasteiger charge is -2.03. The van der Waals surface area contributed by atoms with Gasteiger partial charge in [-0.15, -0.1) is 0 Å². The quantitative estimate of drug-likeness (QED) is 0.312. The average molecular weight is 425 g/mol. The molecule has 0 atom stereocenters. The molecule has 0 spiro atoms. The largest absolute Gasteiger partial charge is 0.459 e. The van der Waals surface area contributed by atoms with Crippen molar-refractivity contribution < 1.29 is 22.0 Å². The van der Waals surface area contributed by atoms with E-state index in [0.29, 0.717) is 11.3 Å². The molecule has 4 aromatic rings. The van der Waals surface area contributed by atoms with Gasteiger partial charge in [0.15, 0.2) is 11.5 Å². The zero-order valence-corrected chi connectivity index (χ0v) is 16.7. The Morgan fingerprint density at radius 2 is 1.62 bits per heavy atom. The van der Waals surface area contributed by atoms with Gasteiger partial charge in [-0.05, 0) is 24.3 Å². The number of oxazole rings is 1. The van der Waals surface area contributed by atoms with Gasteiger partial charge in [0, 0.05) is 5.56 Å². The molecule has 0 aliphatic rings. The molecule has 8 heteroatoms. The Hall–Kier alpha value is -3.10. The fourth-order valence-electron chi connectivity index (χ4n) is 2.61. The maximum Gasteiger partial charge on any atom is 0.265 e. The first-order chi connectivity index (χ1) is 14.1. The Labute approximate surface area is 171 Å². The summed E-state index contributed by atoms with van der Waals surface area (Å²) >= 11 is 0.990. The van der Waals surface area contributed by atoms with Gasteiger partial charge < -0.3 is 8.83 Å². The van der Waals surface area contributed by atoms with E-state index >= 15 is 0 Å². The fourth-order valence-corrected chi connectivity index (χ4v) is 5.05. The van der Waals surface area contributed by atoms with Crippen molar-refractivity contribution in [3.63, 3.8) is 0 Å². The van der Waals surface area contributed by atoms with E-state index in [2.05, 4.69) is 4.98 Å². The summed E-state index contributed by atoms with van der Waals surface area (Å²) < 4.78 is 37.2. The number of rotatable bonds is 7. The van der Waals surface area contributed by atoms with Crippen molar-refractivity contribution in [2.75, 3.05) is 5.75 Å². The van der Waals surface area contributed by atoms with Gasteiger partial charge in [0.2, 0.25) is 20.0 Å². The summed E-state index contributed by atoms with van der Waals surface area (Å²) in [7, 11) is -3.93. The van der Waals surface area contributed by atoms with Crippen LogP contribution in [-0.2, 0) is 9.84 Å². The highest BCUT2D eigenvalue weighted by Crippen LogP contribution is 2.35. The predicted molar refractivity (Wildman–Crippen MR) is 108 cm³/mol. The lowest BCUT2D eigenvalue weighted by atomic mass is 10.2. The summed E-state index contributed by atoms with van der Waals surface area (Å²) in [5.41, 5.74) is 0.540. The molecule has 0 aliphatic carbocycles. The summed E-state index contributed by atoms with van der Waals surface area (Å²) in [4.78, 5) is 16.7. The Bertz CT molecular complexity index is 1210. The van der Waals surface area contributed by atoms with E-state index in [1.807, 2.05) is 6.07 Å². The monoisotopic (exact) mass is 425 g/mol. The molecule has 4 rings (SSSR count). The molecule has 2 aromatic carbocycles. The molecule has 146 valence electrons. The van der Waals surface area contributed by atoms with E-state index in [1.165, 1.54) is 18.4 Å². The number of Topliss-reactive ketones (excluding diaryl/α,β-unsaturated/α-hetero) is 1. The first-order valence-electron chi connectivity index (χ1n) is 8.61. The van der Waals surface area contributed by atoms with Crippen LogP contribution in [0.25, 0.3) is 11.7 Å². The number of thioether (sulfide) groups is 1. The summed E-state index contributed by atoms with van der Waals surface area (Å²) in [6.45, 7) is 0. The van der Waals surface area contributed by atoms with Crippen LogP contribution in [0.2, 0.25) is 0 Å². The number of hydrogen-bond donors (Lipinski definition) is 0. The topological polar surface area (TPSA) is 90.4 Å². The highest BCUT2D eigenvalue weighted by atomic mass is 32.2. The molecule has 0 saturated heterocycles. The van der Waals surface area contributed by atoms with Gasteiger partial charge in [0.05, 0.1) is 16.9 Å². The van der Waals surface area contributed by atoms with Crippen molar-refractivity contribution in [2.45, 2.75) is 15.0 Å². The molecule has 0 amide bonds. The van der Waals surface area contributed by atoms with Crippen LogP contribution in [0.4, 0.5) is 0 Å². The average Bonchev–Trinajstić information content (AvgIpc) is 3.43. The fraction of sp³-hybridized carbons (Fsp3) is 0.0476. The van der Waals surface area contributed by atoms with E-state index in [0.717, 1.165) is 11.8 Å². The predicted octanol–water partition coefficient (Wildman–Crippen LogP) is 4.74. The van der Waals surface area contributed by atoms with E-state index in [1.54, 1.807) is 54.6 Å². The lowest BCUT2D eigenvalue weighted by Crippen LogP contribution is -2.05. The molecule has 29 heavy (non-hydrogen) atoms. The van der Waals surface area contributed by atoms with Crippen LogP contribution in [0, 0.1) is 0 Å². The number of furan rings is 1. The Balaban J connectivity index is 1.69. The summed E-state index contributed by atoms with van der Waals surface area (Å²) in [6.07, 6.45) is 1.44. The van der Waals surface area contributed by atoms with Crippen LogP contribution < -0.4 is 0 Å². The molecule has 6 nitrogen and oxygen atoms in total. The third-order valence-corrected chi connectivity index (χ3v) is 6.79. The van der Waals surface area contributed by atoms with E-state index in [9.17, 15) is 13.2 Å². The second-order valence-corrected chi connectivity index (χ2v) is 8.80. The standard InChI is InChI=1S/C21H15NO5S2/c23-17(15-8-3-1-4-9-15)14-28-21-20(22-19(27-21)18-12-7-13-26-18)29(24,25)16-10-5-2-6-11-16/h1-13H,14H2. The summed E-state index contributed by atoms with van der Waals surface area (Å²) in [6, 6.07) is 20.0. The number of aromatic nitrogens is 1. The number of ketones is 1. The third kappa shape index (κ3) is 4.03. The normalized spacial score (nSPS) is 11.4. The molecule has 0 radical (unpaired) electrons. The second-order valence-electron chi connectivity index (χ2n) is 5.98. The molecule has 0 N–H and O–H groups in total. The van der Waals surface area contributed by atoms with Gasteiger partial charge in [-0.25, -0.2) is 8.42 Å². The Morgan fingerprint density at radius 1 is 0.931 bits per heavy atom. The van der Waals surface area contributed by atoms with Gasteiger partial charge >= 0.3 is 0 Å². The first-order valence-corrected chi connectivity index (χ1v) is 11.1. The summed E-state index contributed by atoms with van der Waals surface area (Å²) in [5, 5.41) is -0.189. The van der Waals surface area contributed by atoms with Gasteiger partial charge in [-0.2, -0.15) is 4.98 Å². The van der Waals surface area contributed by atoms with Crippen molar-refractivity contribution in [3.05, 3.63) is 84.6 Å². The van der Waals surface area contributed by atoms with E-state index < -0.39 is 9.84 Å². The van der Waals surface area contributed by atoms with Crippen molar-refractivity contribution in [1.82, 2.24) is 4.98 Å². The van der Waals surface area contributed by atoms with Crippen molar-refractivity contribution in [3.8, 4) is 11.7 Å². The minimum Gasteiger partial charge on any atom is -0.459 e. The lowest BCUT2D eigenvalue weighted by molar-refractivity contribution is 0.102. The van der Waals surface area contributed by atoms with Gasteiger partial charge in [0.1, 0.15) is 0 Å². The number of carbonyl (C=O) groups excluding carboxylic acids is 1. The SMILES string of the molecule is O=C(CSc1oc(-c2ccco2)nc1S(=O)(=O)c1ccccc1)c1ccccc1. The zero-order valence-electron chi connectivity index (χ0n) is 15.0. The maximum absolute atomic E-state index is 13.1. The Morgan fingerprint density at radius 3 is 2.28 bits per heavy atom. The maximum atomic E-state index is 13.1. The molecule has 2 aromatic heterocycles. The molecule has 0 bridgehead atoms. The third-order valence-electron chi connectivity index (χ3n) is 4.04. The molecule has 0 saturated carbocycles. The van der Waals surface area contributed by atoms with E-state index in [-0.39, 0.29) is 32.4 Å². The van der Waals surface area contributed by atoms with Crippen LogP contribution in [0.3, 0.4) is 0 Å². The molecule has 2 heterocycles. The smallest absolute Gasteiger partial charge is 0.265 e. The first kappa shape index (κ1) is 19.2. The number of benzene rings is 2. The second kappa shape index (κ2) is 8.10. The molecular formula is C21H15NO5S2. The van der Waals surface area contributed by atoms with Crippen molar-refractivity contribution in [2.24, 2.45) is 0 Å². The number of carbonyl (C=O) groups is 1. The van der Waals surface area contributed by atoms with Crippen LogP contribution in [0.5, 0.6) is 0 Å². The number of nitrogens with zero attached hydrogens (tertiary/aromatic N) is 1. The van der Waals surface area contributed by atoms with E-state index in [4.69, 9.17) is 8.83 Å². The van der Waals surface area contributed by atoms with Crippen molar-refractivity contribution >= 4 is 27.4 Å². The van der Waals surface area contributed by atoms with Gasteiger partial charge in [-0.1, -0.05) is 60.3 Å². The van der Waals surface area contributed by atoms with Crippen LogP contribution in [-0.4, -0.2) is 24.9 Å². The summed E-state index contributed by atoms with van der Waals surface area (Å²) in [5.74, 6) is 0.207. The van der Waals surface area contributed by atoms with Crippen LogP contribution >= 0.6 is 11.8 Å². The highest BCUT2D eigenvalue weighted by molar-refractivity contribution is 8.00. The molecule has 0 fully saturated rings. The molecule has 0 aliphatic heterocycles. The molecular weight excluding hydrogens is 410 g/mol. The number of sulfone groups is 1. The van der Waals surface area contributed by atoms with Crippen molar-refractivity contribution in [1.29, 1.82) is 0 Å². The minimum atomic E-state index is -3.93. The number of hydrogen-bond acceptors (Lipinski definition) is 7. The van der Waals surface area contributed by atoms with Gasteiger partial charge in [0.25, 0.3) is 5.89 Å². The van der Waals surface area contributed by atoms with Crippen LogP contribution in [0.15, 0.2) is 103 Å². The Kier molecular flexibility index (Phi) is 5.37.